The lowest BCUT2D eigenvalue weighted by atomic mass is 9.97. The van der Waals surface area contributed by atoms with Gasteiger partial charge in [-0.15, -0.1) is 0 Å². The summed E-state index contributed by atoms with van der Waals surface area (Å²) >= 11 is 0. The minimum absolute atomic E-state index is 0.582. The Morgan fingerprint density at radius 1 is 0.333 bits per heavy atom. The van der Waals surface area contributed by atoms with Crippen molar-refractivity contribution < 1.29 is 0 Å². The second-order valence-electron chi connectivity index (χ2n) is 13.7. The fraction of sp³-hybridized carbons (Fsp3) is 0. The molecule has 8 aromatic carbocycles. The van der Waals surface area contributed by atoms with E-state index in [2.05, 4.69) is 137 Å². The third kappa shape index (κ3) is 4.69. The van der Waals surface area contributed by atoms with Crippen LogP contribution in [0, 0.1) is 0 Å². The summed E-state index contributed by atoms with van der Waals surface area (Å²) in [4.78, 5) is 15.3. The van der Waals surface area contributed by atoms with Crippen molar-refractivity contribution in [3.63, 3.8) is 0 Å². The van der Waals surface area contributed by atoms with Gasteiger partial charge in [-0.25, -0.2) is 4.98 Å². The molecule has 0 spiro atoms. The third-order valence-corrected chi connectivity index (χ3v) is 10.6. The Morgan fingerprint density at radius 3 is 1.65 bits per heavy atom. The number of para-hydroxylation sites is 2. The van der Waals surface area contributed by atoms with Gasteiger partial charge in [0.1, 0.15) is 0 Å². The highest BCUT2D eigenvalue weighted by Crippen LogP contribution is 2.42. The lowest BCUT2D eigenvalue weighted by Crippen LogP contribution is -2.06. The highest BCUT2D eigenvalue weighted by molar-refractivity contribution is 6.23. The Labute approximate surface area is 311 Å². The lowest BCUT2D eigenvalue weighted by molar-refractivity contribution is 0.953. The quantitative estimate of drug-likeness (QED) is 0.181. The van der Waals surface area contributed by atoms with Crippen molar-refractivity contribution >= 4 is 54.4 Å². The summed E-state index contributed by atoms with van der Waals surface area (Å²) in [5.74, 6) is 1.85. The first-order chi connectivity index (χ1) is 26.8. The Hall–Kier alpha value is -7.37. The summed E-state index contributed by atoms with van der Waals surface area (Å²) in [5, 5.41) is 7.27. The number of rotatable bonds is 5. The maximum Gasteiger partial charge on any atom is 0.238 e. The average molecular weight is 690 g/mol. The zero-order valence-electron chi connectivity index (χ0n) is 29.1. The van der Waals surface area contributed by atoms with Crippen molar-refractivity contribution in [1.82, 2.24) is 24.1 Å². The smallest absolute Gasteiger partial charge is 0.238 e. The van der Waals surface area contributed by atoms with E-state index in [0.717, 1.165) is 49.7 Å². The molecule has 0 atom stereocenters. The van der Waals surface area contributed by atoms with Crippen LogP contribution in [0.25, 0.3) is 99.9 Å². The maximum atomic E-state index is 5.15. The van der Waals surface area contributed by atoms with Crippen LogP contribution in [0.2, 0.25) is 0 Å². The van der Waals surface area contributed by atoms with Crippen LogP contribution in [0.3, 0.4) is 0 Å². The number of hydrogen-bond acceptors (Lipinski definition) is 3. The summed E-state index contributed by atoms with van der Waals surface area (Å²) in [6.45, 7) is 0. The van der Waals surface area contributed by atoms with Crippen LogP contribution >= 0.6 is 0 Å². The predicted molar refractivity (Wildman–Crippen MR) is 222 cm³/mol. The molecule has 0 radical (unpaired) electrons. The van der Waals surface area contributed by atoms with Gasteiger partial charge in [0.15, 0.2) is 11.6 Å². The SMILES string of the molecule is c1ccc(-c2nc(-c3ccccc3)nc(-n3c4ccccc4c4c(-c5ccc6c(c5)c5c7ccccc7ccc5n6-c5ccccc5)cccc43)n2)cc1. The molecule has 0 saturated carbocycles. The summed E-state index contributed by atoms with van der Waals surface area (Å²) in [7, 11) is 0. The molecule has 3 aromatic heterocycles. The van der Waals surface area contributed by atoms with E-state index in [1.807, 2.05) is 60.7 Å². The molecule has 11 rings (SSSR count). The molecule has 0 aliphatic carbocycles. The maximum absolute atomic E-state index is 5.15. The zero-order chi connectivity index (χ0) is 35.6. The largest absolute Gasteiger partial charge is 0.309 e. The number of hydrogen-bond donors (Lipinski definition) is 0. The normalized spacial score (nSPS) is 11.7. The number of fused-ring (bicyclic) bond motifs is 8. The standard InChI is InChI=1S/C49H31N5/c1-4-16-33(17-5-1)47-50-48(34-18-6-2-7-19-34)52-49(51-47)54-41-25-13-12-23-39(41)45-38(24-14-26-43(45)54)35-28-29-42-40(31-35)46-37-22-11-10-15-32(37)27-30-44(46)53(42)36-20-8-3-9-21-36/h1-31H. The second-order valence-corrected chi connectivity index (χ2v) is 13.7. The van der Waals surface area contributed by atoms with Gasteiger partial charge < -0.3 is 4.57 Å². The Balaban J connectivity index is 1.19. The van der Waals surface area contributed by atoms with E-state index in [1.54, 1.807) is 0 Å². The summed E-state index contributed by atoms with van der Waals surface area (Å²) in [6.07, 6.45) is 0. The predicted octanol–water partition coefficient (Wildman–Crippen LogP) is 12.2. The van der Waals surface area contributed by atoms with E-state index >= 15 is 0 Å². The third-order valence-electron chi connectivity index (χ3n) is 10.6. The van der Waals surface area contributed by atoms with Crippen LogP contribution in [0.4, 0.5) is 0 Å². The van der Waals surface area contributed by atoms with E-state index in [-0.39, 0.29) is 0 Å². The highest BCUT2D eigenvalue weighted by Gasteiger charge is 2.21. The molecule has 252 valence electrons. The summed E-state index contributed by atoms with van der Waals surface area (Å²) < 4.78 is 4.59. The fourth-order valence-electron chi connectivity index (χ4n) is 8.19. The molecule has 5 nitrogen and oxygen atoms in total. The summed E-state index contributed by atoms with van der Waals surface area (Å²) in [6, 6.07) is 66.2. The number of benzene rings is 8. The Kier molecular flexibility index (Phi) is 6.79. The van der Waals surface area contributed by atoms with E-state index < -0.39 is 0 Å². The Morgan fingerprint density at radius 2 is 0.907 bits per heavy atom. The first kappa shape index (κ1) is 30.3. The van der Waals surface area contributed by atoms with Gasteiger partial charge in [-0.3, -0.25) is 4.57 Å². The topological polar surface area (TPSA) is 48.5 Å². The molecule has 0 bridgehead atoms. The average Bonchev–Trinajstić information content (AvgIpc) is 3.77. The van der Waals surface area contributed by atoms with Crippen LogP contribution in [0.5, 0.6) is 0 Å². The first-order valence-corrected chi connectivity index (χ1v) is 18.2. The van der Waals surface area contributed by atoms with Crippen molar-refractivity contribution in [1.29, 1.82) is 0 Å². The van der Waals surface area contributed by atoms with Gasteiger partial charge >= 0.3 is 0 Å². The Bertz CT molecular complexity index is 3140. The molecule has 0 saturated heterocycles. The van der Waals surface area contributed by atoms with Crippen molar-refractivity contribution in [2.45, 2.75) is 0 Å². The molecule has 0 amide bonds. The van der Waals surface area contributed by atoms with Crippen LogP contribution in [-0.2, 0) is 0 Å². The van der Waals surface area contributed by atoms with Crippen LogP contribution in [0.15, 0.2) is 188 Å². The molecule has 3 heterocycles. The molecule has 0 unspecified atom stereocenters. The molecule has 0 fully saturated rings. The monoisotopic (exact) mass is 689 g/mol. The van der Waals surface area contributed by atoms with E-state index in [0.29, 0.717) is 17.6 Å². The zero-order valence-corrected chi connectivity index (χ0v) is 29.1. The molecular weight excluding hydrogens is 659 g/mol. The molecule has 0 aliphatic rings. The van der Waals surface area contributed by atoms with Crippen LogP contribution < -0.4 is 0 Å². The van der Waals surface area contributed by atoms with Crippen molar-refractivity contribution in [3.8, 4) is 45.5 Å². The van der Waals surface area contributed by atoms with Gasteiger partial charge in [-0.2, -0.15) is 9.97 Å². The molecule has 0 N–H and O–H groups in total. The molecule has 54 heavy (non-hydrogen) atoms. The van der Waals surface area contributed by atoms with Crippen molar-refractivity contribution in [2.24, 2.45) is 0 Å². The summed E-state index contributed by atoms with van der Waals surface area (Å²) in [5.41, 5.74) is 9.79. The number of nitrogens with zero attached hydrogens (tertiary/aromatic N) is 5. The molecule has 5 heteroatoms. The van der Waals surface area contributed by atoms with E-state index in [1.165, 1.54) is 32.6 Å². The van der Waals surface area contributed by atoms with Crippen molar-refractivity contribution in [2.75, 3.05) is 0 Å². The van der Waals surface area contributed by atoms with Crippen LogP contribution in [0.1, 0.15) is 0 Å². The van der Waals surface area contributed by atoms with Gasteiger partial charge in [0.2, 0.25) is 5.95 Å². The van der Waals surface area contributed by atoms with Gasteiger partial charge in [-0.05, 0) is 64.4 Å². The lowest BCUT2D eigenvalue weighted by Gasteiger charge is -2.11. The van der Waals surface area contributed by atoms with Gasteiger partial charge in [0, 0.05) is 38.4 Å². The fourth-order valence-corrected chi connectivity index (χ4v) is 8.19. The molecular formula is C49H31N5. The molecule has 0 aliphatic heterocycles. The van der Waals surface area contributed by atoms with Crippen LogP contribution in [-0.4, -0.2) is 24.1 Å². The minimum Gasteiger partial charge on any atom is -0.309 e. The van der Waals surface area contributed by atoms with Gasteiger partial charge in [-0.1, -0.05) is 146 Å². The van der Waals surface area contributed by atoms with E-state index in [4.69, 9.17) is 15.0 Å². The van der Waals surface area contributed by atoms with Crippen molar-refractivity contribution in [3.05, 3.63) is 188 Å². The van der Waals surface area contributed by atoms with E-state index in [9.17, 15) is 0 Å². The minimum atomic E-state index is 0.582. The number of aromatic nitrogens is 5. The van der Waals surface area contributed by atoms with Gasteiger partial charge in [0.25, 0.3) is 0 Å². The first-order valence-electron chi connectivity index (χ1n) is 18.2. The molecule has 11 aromatic rings. The van der Waals surface area contributed by atoms with Gasteiger partial charge in [0.05, 0.1) is 22.1 Å². The second kappa shape index (κ2) is 12.1. The highest BCUT2D eigenvalue weighted by atomic mass is 15.2.